The van der Waals surface area contributed by atoms with E-state index in [2.05, 4.69) is 12.2 Å². The lowest BCUT2D eigenvalue weighted by atomic mass is 10.1. The molecule has 0 aliphatic rings. The molecule has 25 heavy (non-hydrogen) atoms. The molecule has 2 aromatic rings. The number of hydrogen-bond donors (Lipinski definition) is 1. The van der Waals surface area contributed by atoms with Crippen molar-refractivity contribution >= 4 is 17.6 Å². The highest BCUT2D eigenvalue weighted by Gasteiger charge is 2.09. The molecule has 0 aliphatic heterocycles. The summed E-state index contributed by atoms with van der Waals surface area (Å²) in [6.07, 6.45) is 0.942. The lowest BCUT2D eigenvalue weighted by Crippen LogP contribution is -2.23. The third-order valence-electron chi connectivity index (χ3n) is 3.84. The second-order valence-electron chi connectivity index (χ2n) is 5.79. The van der Waals surface area contributed by atoms with Crippen molar-refractivity contribution in [2.75, 3.05) is 18.5 Å². The number of esters is 1. The number of amides is 1. The molecular weight excluding hydrogens is 318 g/mol. The smallest absolute Gasteiger partial charge is 0.344 e. The third kappa shape index (κ3) is 5.95. The summed E-state index contributed by atoms with van der Waals surface area (Å²) in [5.74, 6) is -0.382. The molecular formula is C20H23NO4. The van der Waals surface area contributed by atoms with Gasteiger partial charge in [0.1, 0.15) is 5.75 Å². The van der Waals surface area contributed by atoms with Crippen molar-refractivity contribution in [2.45, 2.75) is 27.2 Å². The van der Waals surface area contributed by atoms with E-state index in [-0.39, 0.29) is 19.1 Å². The standard InChI is InChI=1S/C20H23NO4/c1-4-16-6-9-18(10-7-16)24-13-20(23)25-12-19(22)21-17-8-5-14(2)15(3)11-17/h5-11H,4,12-13H2,1-3H3,(H,21,22). The lowest BCUT2D eigenvalue weighted by molar-refractivity contribution is -0.149. The Kier molecular flexibility index (Phi) is 6.57. The van der Waals surface area contributed by atoms with Crippen LogP contribution in [0.5, 0.6) is 5.75 Å². The van der Waals surface area contributed by atoms with Gasteiger partial charge in [-0.3, -0.25) is 4.79 Å². The van der Waals surface area contributed by atoms with E-state index in [0.29, 0.717) is 11.4 Å². The third-order valence-corrected chi connectivity index (χ3v) is 3.84. The average molecular weight is 341 g/mol. The fraction of sp³-hybridized carbons (Fsp3) is 0.300. The summed E-state index contributed by atoms with van der Waals surface area (Å²) >= 11 is 0. The number of carbonyl (C=O) groups is 2. The largest absolute Gasteiger partial charge is 0.482 e. The molecule has 5 nitrogen and oxygen atoms in total. The van der Waals surface area contributed by atoms with Crippen LogP contribution in [0, 0.1) is 13.8 Å². The van der Waals surface area contributed by atoms with E-state index < -0.39 is 5.97 Å². The zero-order valence-corrected chi connectivity index (χ0v) is 14.8. The van der Waals surface area contributed by atoms with Crippen LogP contribution in [-0.2, 0) is 20.7 Å². The summed E-state index contributed by atoms with van der Waals surface area (Å²) in [5, 5.41) is 2.69. The first-order chi connectivity index (χ1) is 12.0. The quantitative estimate of drug-likeness (QED) is 0.784. The highest BCUT2D eigenvalue weighted by Crippen LogP contribution is 2.14. The molecule has 0 fully saturated rings. The van der Waals surface area contributed by atoms with Crippen molar-refractivity contribution in [1.29, 1.82) is 0 Å². The minimum Gasteiger partial charge on any atom is -0.482 e. The Balaban J connectivity index is 1.73. The Morgan fingerprint density at radius 3 is 2.32 bits per heavy atom. The number of nitrogens with one attached hydrogen (secondary N) is 1. The Labute approximate surface area is 148 Å². The summed E-state index contributed by atoms with van der Waals surface area (Å²) in [6.45, 7) is 5.45. The molecule has 0 aromatic heterocycles. The van der Waals surface area contributed by atoms with E-state index in [4.69, 9.17) is 9.47 Å². The van der Waals surface area contributed by atoms with Gasteiger partial charge in [0, 0.05) is 5.69 Å². The van der Waals surface area contributed by atoms with Gasteiger partial charge < -0.3 is 14.8 Å². The van der Waals surface area contributed by atoms with Crippen molar-refractivity contribution in [3.63, 3.8) is 0 Å². The van der Waals surface area contributed by atoms with Crippen LogP contribution in [0.25, 0.3) is 0 Å². The first kappa shape index (κ1) is 18.5. The molecule has 0 saturated heterocycles. The van der Waals surface area contributed by atoms with E-state index >= 15 is 0 Å². The van der Waals surface area contributed by atoms with Gasteiger partial charge in [-0.15, -0.1) is 0 Å². The summed E-state index contributed by atoms with van der Waals surface area (Å²) in [6, 6.07) is 13.1. The van der Waals surface area contributed by atoms with Gasteiger partial charge in [0.2, 0.25) is 0 Å². The Hall–Kier alpha value is -2.82. The van der Waals surface area contributed by atoms with Gasteiger partial charge in [0.05, 0.1) is 0 Å². The van der Waals surface area contributed by atoms with Crippen molar-refractivity contribution < 1.29 is 19.1 Å². The average Bonchev–Trinajstić information content (AvgIpc) is 2.61. The number of aryl methyl sites for hydroxylation is 3. The van der Waals surface area contributed by atoms with Gasteiger partial charge in [-0.25, -0.2) is 4.79 Å². The molecule has 0 radical (unpaired) electrons. The van der Waals surface area contributed by atoms with Crippen LogP contribution in [0.3, 0.4) is 0 Å². The molecule has 1 amide bonds. The van der Waals surface area contributed by atoms with Gasteiger partial charge >= 0.3 is 5.97 Å². The van der Waals surface area contributed by atoms with Crippen LogP contribution in [-0.4, -0.2) is 25.1 Å². The second-order valence-corrected chi connectivity index (χ2v) is 5.79. The van der Waals surface area contributed by atoms with Gasteiger partial charge in [-0.05, 0) is 61.2 Å². The molecule has 132 valence electrons. The molecule has 5 heteroatoms. The maximum atomic E-state index is 11.8. The maximum Gasteiger partial charge on any atom is 0.344 e. The van der Waals surface area contributed by atoms with Gasteiger partial charge in [-0.1, -0.05) is 25.1 Å². The lowest BCUT2D eigenvalue weighted by Gasteiger charge is -2.09. The molecule has 0 aliphatic carbocycles. The van der Waals surface area contributed by atoms with Gasteiger partial charge in [-0.2, -0.15) is 0 Å². The molecule has 1 N–H and O–H groups in total. The Morgan fingerprint density at radius 1 is 0.960 bits per heavy atom. The molecule has 2 rings (SSSR count). The van der Waals surface area contributed by atoms with Crippen molar-refractivity contribution in [2.24, 2.45) is 0 Å². The SMILES string of the molecule is CCc1ccc(OCC(=O)OCC(=O)Nc2ccc(C)c(C)c2)cc1. The minimum absolute atomic E-state index is 0.234. The number of ether oxygens (including phenoxy) is 2. The van der Waals surface area contributed by atoms with Crippen LogP contribution >= 0.6 is 0 Å². The Bertz CT molecular complexity index is 738. The van der Waals surface area contributed by atoms with Crippen molar-refractivity contribution in [3.05, 3.63) is 59.2 Å². The van der Waals surface area contributed by atoms with E-state index in [1.807, 2.05) is 44.2 Å². The number of carbonyl (C=O) groups excluding carboxylic acids is 2. The highest BCUT2D eigenvalue weighted by atomic mass is 16.6. The van der Waals surface area contributed by atoms with E-state index in [0.717, 1.165) is 17.5 Å². The van der Waals surface area contributed by atoms with Crippen LogP contribution in [0.1, 0.15) is 23.6 Å². The van der Waals surface area contributed by atoms with Gasteiger partial charge in [0.25, 0.3) is 5.91 Å². The minimum atomic E-state index is -0.588. The van der Waals surface area contributed by atoms with Crippen LogP contribution < -0.4 is 10.1 Å². The van der Waals surface area contributed by atoms with Gasteiger partial charge in [0.15, 0.2) is 13.2 Å². The number of rotatable bonds is 7. The molecule has 2 aromatic carbocycles. The highest BCUT2D eigenvalue weighted by molar-refractivity contribution is 5.93. The number of benzene rings is 2. The van der Waals surface area contributed by atoms with Crippen LogP contribution in [0.4, 0.5) is 5.69 Å². The summed E-state index contributed by atoms with van der Waals surface area (Å²) in [7, 11) is 0. The zero-order chi connectivity index (χ0) is 18.2. The summed E-state index contributed by atoms with van der Waals surface area (Å²) < 4.78 is 10.3. The zero-order valence-electron chi connectivity index (χ0n) is 14.8. The van der Waals surface area contributed by atoms with Crippen LogP contribution in [0.15, 0.2) is 42.5 Å². The molecule has 0 saturated carbocycles. The normalized spacial score (nSPS) is 10.2. The number of anilines is 1. The predicted octanol–water partition coefficient (Wildman–Crippen LogP) is 3.43. The molecule has 0 heterocycles. The predicted molar refractivity (Wildman–Crippen MR) is 96.8 cm³/mol. The van der Waals surface area contributed by atoms with Crippen molar-refractivity contribution in [3.8, 4) is 5.75 Å². The summed E-state index contributed by atoms with van der Waals surface area (Å²) in [4.78, 5) is 23.5. The van der Waals surface area contributed by atoms with E-state index in [1.165, 1.54) is 5.56 Å². The summed E-state index contributed by atoms with van der Waals surface area (Å²) in [5.41, 5.74) is 4.10. The van der Waals surface area contributed by atoms with Crippen molar-refractivity contribution in [1.82, 2.24) is 0 Å². The topological polar surface area (TPSA) is 64.6 Å². The number of hydrogen-bond acceptors (Lipinski definition) is 4. The monoisotopic (exact) mass is 341 g/mol. The van der Waals surface area contributed by atoms with Crippen LogP contribution in [0.2, 0.25) is 0 Å². The first-order valence-corrected chi connectivity index (χ1v) is 8.22. The first-order valence-electron chi connectivity index (χ1n) is 8.22. The fourth-order valence-electron chi connectivity index (χ4n) is 2.17. The molecule has 0 atom stereocenters. The van der Waals surface area contributed by atoms with E-state index in [9.17, 15) is 9.59 Å². The molecule has 0 bridgehead atoms. The molecule has 0 spiro atoms. The maximum absolute atomic E-state index is 11.8. The Morgan fingerprint density at radius 2 is 1.68 bits per heavy atom. The van der Waals surface area contributed by atoms with E-state index in [1.54, 1.807) is 12.1 Å². The second kappa shape index (κ2) is 8.87. The molecule has 0 unspecified atom stereocenters. The fourth-order valence-corrected chi connectivity index (χ4v) is 2.17.